The van der Waals surface area contributed by atoms with Crippen molar-refractivity contribution in [2.75, 3.05) is 36.4 Å². The SMILES string of the molecule is O=CN1CCN(c2nc(Nc3cccc(F)c3)cc(-c3ccccc3)n2)CC1. The van der Waals surface area contributed by atoms with Gasteiger partial charge in [-0.3, -0.25) is 4.79 Å². The summed E-state index contributed by atoms with van der Waals surface area (Å²) in [5, 5.41) is 3.17. The van der Waals surface area contributed by atoms with E-state index in [4.69, 9.17) is 4.98 Å². The molecule has 6 nitrogen and oxygen atoms in total. The fraction of sp³-hybridized carbons (Fsp3) is 0.190. The van der Waals surface area contributed by atoms with Crippen LogP contribution in [0.25, 0.3) is 11.3 Å². The summed E-state index contributed by atoms with van der Waals surface area (Å²) < 4.78 is 13.5. The van der Waals surface area contributed by atoms with E-state index in [0.29, 0.717) is 43.6 Å². The van der Waals surface area contributed by atoms with Crippen LogP contribution in [-0.4, -0.2) is 47.5 Å². The van der Waals surface area contributed by atoms with E-state index >= 15 is 0 Å². The fourth-order valence-corrected chi connectivity index (χ4v) is 3.14. The van der Waals surface area contributed by atoms with E-state index in [9.17, 15) is 9.18 Å². The molecule has 1 aliphatic rings. The molecule has 1 aromatic heterocycles. The van der Waals surface area contributed by atoms with Crippen molar-refractivity contribution in [3.8, 4) is 11.3 Å². The summed E-state index contributed by atoms with van der Waals surface area (Å²) in [5.41, 5.74) is 2.37. The second-order valence-corrected chi connectivity index (χ2v) is 6.57. The van der Waals surface area contributed by atoms with Gasteiger partial charge < -0.3 is 15.1 Å². The minimum absolute atomic E-state index is 0.312. The van der Waals surface area contributed by atoms with Crippen molar-refractivity contribution in [3.05, 3.63) is 66.5 Å². The largest absolute Gasteiger partial charge is 0.342 e. The highest BCUT2D eigenvalue weighted by molar-refractivity contribution is 5.67. The van der Waals surface area contributed by atoms with Crippen molar-refractivity contribution >= 4 is 23.9 Å². The molecule has 1 N–H and O–H groups in total. The Kier molecular flexibility index (Phi) is 5.14. The molecule has 7 heteroatoms. The summed E-state index contributed by atoms with van der Waals surface area (Å²) in [7, 11) is 0. The van der Waals surface area contributed by atoms with E-state index in [-0.39, 0.29) is 5.82 Å². The molecule has 1 saturated heterocycles. The van der Waals surface area contributed by atoms with Gasteiger partial charge in [0.05, 0.1) is 5.69 Å². The maximum Gasteiger partial charge on any atom is 0.228 e. The standard InChI is InChI=1S/C21H20FN5O/c22-17-7-4-8-18(13-17)23-20-14-19(16-5-2-1-3-6-16)24-21(25-20)27-11-9-26(15-28)10-12-27/h1-8,13-15H,9-12H2,(H,23,24,25). The number of benzene rings is 2. The summed E-state index contributed by atoms with van der Waals surface area (Å²) in [6.45, 7) is 2.59. The first-order valence-corrected chi connectivity index (χ1v) is 9.13. The predicted octanol–water partition coefficient (Wildman–Crippen LogP) is 3.30. The van der Waals surface area contributed by atoms with Gasteiger partial charge in [-0.05, 0) is 18.2 Å². The number of aromatic nitrogens is 2. The van der Waals surface area contributed by atoms with Crippen LogP contribution in [0, 0.1) is 5.82 Å². The third-order valence-electron chi connectivity index (χ3n) is 4.63. The third kappa shape index (κ3) is 4.09. The fourth-order valence-electron chi connectivity index (χ4n) is 3.14. The molecule has 0 atom stereocenters. The van der Waals surface area contributed by atoms with Crippen LogP contribution in [0.1, 0.15) is 0 Å². The van der Waals surface area contributed by atoms with Gasteiger partial charge in [0.25, 0.3) is 0 Å². The van der Waals surface area contributed by atoms with Crippen LogP contribution in [0.3, 0.4) is 0 Å². The minimum atomic E-state index is -0.312. The molecule has 3 aromatic rings. The van der Waals surface area contributed by atoms with Gasteiger partial charge in [0.1, 0.15) is 11.6 Å². The lowest BCUT2D eigenvalue weighted by atomic mass is 10.1. The van der Waals surface area contributed by atoms with Crippen molar-refractivity contribution in [2.45, 2.75) is 0 Å². The number of nitrogens with zero attached hydrogens (tertiary/aromatic N) is 4. The number of piperazine rings is 1. The van der Waals surface area contributed by atoms with E-state index in [1.165, 1.54) is 12.1 Å². The summed E-state index contributed by atoms with van der Waals surface area (Å²) in [6, 6.07) is 18.0. The normalized spacial score (nSPS) is 14.0. The molecule has 0 aliphatic carbocycles. The smallest absolute Gasteiger partial charge is 0.228 e. The van der Waals surface area contributed by atoms with Crippen LogP contribution in [0.4, 0.5) is 21.8 Å². The van der Waals surface area contributed by atoms with Crippen LogP contribution in [0.5, 0.6) is 0 Å². The highest BCUT2D eigenvalue weighted by Crippen LogP contribution is 2.25. The monoisotopic (exact) mass is 377 g/mol. The number of carbonyl (C=O) groups is 1. The van der Waals surface area contributed by atoms with Crippen LogP contribution in [-0.2, 0) is 4.79 Å². The molecule has 2 heterocycles. The molecule has 1 aliphatic heterocycles. The Morgan fingerprint density at radius 1 is 0.929 bits per heavy atom. The molecule has 0 bridgehead atoms. The van der Waals surface area contributed by atoms with Gasteiger partial charge in [-0.2, -0.15) is 4.98 Å². The number of hydrogen-bond acceptors (Lipinski definition) is 5. The van der Waals surface area contributed by atoms with Crippen LogP contribution < -0.4 is 10.2 Å². The van der Waals surface area contributed by atoms with Crippen LogP contribution in [0.15, 0.2) is 60.7 Å². The van der Waals surface area contributed by atoms with E-state index in [2.05, 4.69) is 15.2 Å². The van der Waals surface area contributed by atoms with Crippen LogP contribution >= 0.6 is 0 Å². The molecule has 0 radical (unpaired) electrons. The van der Waals surface area contributed by atoms with Gasteiger partial charge in [-0.1, -0.05) is 36.4 Å². The predicted molar refractivity (Wildman–Crippen MR) is 107 cm³/mol. The highest BCUT2D eigenvalue weighted by Gasteiger charge is 2.19. The Balaban J connectivity index is 1.68. The molecule has 2 aromatic carbocycles. The molecule has 142 valence electrons. The highest BCUT2D eigenvalue weighted by atomic mass is 19.1. The second kappa shape index (κ2) is 8.04. The quantitative estimate of drug-likeness (QED) is 0.692. The minimum Gasteiger partial charge on any atom is -0.342 e. The van der Waals surface area contributed by atoms with Gasteiger partial charge in [0.15, 0.2) is 0 Å². The third-order valence-corrected chi connectivity index (χ3v) is 4.63. The maximum absolute atomic E-state index is 13.5. The van der Waals surface area contributed by atoms with Gasteiger partial charge in [0.2, 0.25) is 12.4 Å². The zero-order valence-corrected chi connectivity index (χ0v) is 15.3. The average molecular weight is 377 g/mol. The molecule has 4 rings (SSSR count). The molecule has 0 unspecified atom stereocenters. The zero-order chi connectivity index (χ0) is 19.3. The Labute approximate surface area is 162 Å². The number of hydrogen-bond donors (Lipinski definition) is 1. The van der Waals surface area contributed by atoms with E-state index < -0.39 is 0 Å². The van der Waals surface area contributed by atoms with Crippen molar-refractivity contribution < 1.29 is 9.18 Å². The number of amides is 1. The first kappa shape index (κ1) is 17.9. The van der Waals surface area contributed by atoms with Crippen molar-refractivity contribution in [1.82, 2.24) is 14.9 Å². The van der Waals surface area contributed by atoms with Gasteiger partial charge >= 0.3 is 0 Å². The molecular weight excluding hydrogens is 357 g/mol. The summed E-state index contributed by atoms with van der Waals surface area (Å²) >= 11 is 0. The van der Waals surface area contributed by atoms with E-state index in [1.54, 1.807) is 17.0 Å². The number of anilines is 3. The van der Waals surface area contributed by atoms with Gasteiger partial charge in [0, 0.05) is 43.5 Å². The Morgan fingerprint density at radius 3 is 2.43 bits per heavy atom. The molecule has 0 spiro atoms. The lowest BCUT2D eigenvalue weighted by Crippen LogP contribution is -2.46. The molecule has 1 fully saturated rings. The Hall–Kier alpha value is -3.48. The first-order valence-electron chi connectivity index (χ1n) is 9.13. The molecule has 0 saturated carbocycles. The average Bonchev–Trinajstić information content (AvgIpc) is 2.74. The van der Waals surface area contributed by atoms with E-state index in [1.807, 2.05) is 36.4 Å². The molecular formula is C21H20FN5O. The maximum atomic E-state index is 13.5. The number of halogens is 1. The van der Waals surface area contributed by atoms with Crippen molar-refractivity contribution in [3.63, 3.8) is 0 Å². The lowest BCUT2D eigenvalue weighted by molar-refractivity contribution is -0.118. The van der Waals surface area contributed by atoms with Gasteiger partial charge in [-0.25, -0.2) is 9.37 Å². The summed E-state index contributed by atoms with van der Waals surface area (Å²) in [6.07, 6.45) is 0.871. The summed E-state index contributed by atoms with van der Waals surface area (Å²) in [4.78, 5) is 24.1. The zero-order valence-electron chi connectivity index (χ0n) is 15.3. The lowest BCUT2D eigenvalue weighted by Gasteiger charge is -2.32. The van der Waals surface area contributed by atoms with Crippen molar-refractivity contribution in [1.29, 1.82) is 0 Å². The van der Waals surface area contributed by atoms with Gasteiger partial charge in [-0.15, -0.1) is 0 Å². The van der Waals surface area contributed by atoms with Crippen LogP contribution in [0.2, 0.25) is 0 Å². The summed E-state index contributed by atoms with van der Waals surface area (Å²) in [5.74, 6) is 0.866. The first-order chi connectivity index (χ1) is 13.7. The Bertz CT molecular complexity index is 958. The topological polar surface area (TPSA) is 61.4 Å². The molecule has 28 heavy (non-hydrogen) atoms. The Morgan fingerprint density at radius 2 is 1.71 bits per heavy atom. The van der Waals surface area contributed by atoms with E-state index in [0.717, 1.165) is 17.7 Å². The molecule has 1 amide bonds. The van der Waals surface area contributed by atoms with Crippen molar-refractivity contribution in [2.24, 2.45) is 0 Å². The number of rotatable bonds is 5. The number of carbonyl (C=O) groups excluding carboxylic acids is 1. The number of nitrogens with one attached hydrogen (secondary N) is 1. The second-order valence-electron chi connectivity index (χ2n) is 6.57.